The van der Waals surface area contributed by atoms with Crippen molar-refractivity contribution in [2.45, 2.75) is 19.3 Å². The third-order valence-electron chi connectivity index (χ3n) is 3.62. The van der Waals surface area contributed by atoms with Gasteiger partial charge in [-0.15, -0.1) is 0 Å². The molecule has 2 rings (SSSR count). The van der Waals surface area contributed by atoms with E-state index in [1.807, 2.05) is 0 Å². The monoisotopic (exact) mass is 368 g/mol. The first-order chi connectivity index (χ1) is 12.3. The second-order valence-electron chi connectivity index (χ2n) is 5.64. The van der Waals surface area contributed by atoms with E-state index >= 15 is 0 Å². The molecule has 0 atom stereocenters. The van der Waals surface area contributed by atoms with Crippen molar-refractivity contribution in [2.24, 2.45) is 0 Å². The maximum atomic E-state index is 12.5. The van der Waals surface area contributed by atoms with Crippen LogP contribution in [0.1, 0.15) is 16.7 Å². The second kappa shape index (κ2) is 8.68. The van der Waals surface area contributed by atoms with Gasteiger partial charge in [0, 0.05) is 13.1 Å². The molecule has 2 aromatic rings. The molecule has 0 aromatic heterocycles. The van der Waals surface area contributed by atoms with E-state index in [1.165, 1.54) is 12.1 Å². The van der Waals surface area contributed by atoms with Gasteiger partial charge in [0.1, 0.15) is 12.3 Å². The topological polar surface area (TPSA) is 61.8 Å². The maximum absolute atomic E-state index is 12.5. The van der Waals surface area contributed by atoms with Gasteiger partial charge in [-0.25, -0.2) is 0 Å². The van der Waals surface area contributed by atoms with Gasteiger partial charge >= 0.3 is 6.18 Å². The molecule has 0 aliphatic heterocycles. The number of amides is 1. The van der Waals surface area contributed by atoms with Crippen molar-refractivity contribution in [3.63, 3.8) is 0 Å². The zero-order chi connectivity index (χ0) is 19.2. The fourth-order valence-electron chi connectivity index (χ4n) is 2.23. The summed E-state index contributed by atoms with van der Waals surface area (Å²) in [7, 11) is 1.55. The van der Waals surface area contributed by atoms with Crippen molar-refractivity contribution in [1.29, 1.82) is 0 Å². The van der Waals surface area contributed by atoms with Crippen molar-refractivity contribution < 1.29 is 27.9 Å². The van der Waals surface area contributed by atoms with E-state index in [0.29, 0.717) is 11.3 Å². The zero-order valence-corrected chi connectivity index (χ0v) is 14.1. The van der Waals surface area contributed by atoms with Crippen molar-refractivity contribution in [2.75, 3.05) is 13.7 Å². The highest BCUT2D eigenvalue weighted by Crippen LogP contribution is 2.29. The average Bonchev–Trinajstić information content (AvgIpc) is 2.60. The van der Waals surface area contributed by atoms with Crippen LogP contribution in [-0.4, -0.2) is 29.8 Å². The molecule has 0 spiro atoms. The molecule has 0 bridgehead atoms. The molecule has 0 unspecified atom stereocenters. The van der Waals surface area contributed by atoms with Gasteiger partial charge in [0.2, 0.25) is 5.91 Å². The Labute approximate surface area is 149 Å². The summed E-state index contributed by atoms with van der Waals surface area (Å²) in [6.07, 6.45) is -4.39. The number of benzene rings is 2. The summed E-state index contributed by atoms with van der Waals surface area (Å²) in [5.41, 5.74) is 0.587. The minimum atomic E-state index is -4.39. The highest BCUT2D eigenvalue weighted by Gasteiger charge is 2.29. The average molecular weight is 368 g/mol. The summed E-state index contributed by atoms with van der Waals surface area (Å²) in [6.45, 7) is -0.0301. The zero-order valence-electron chi connectivity index (χ0n) is 14.1. The molecular formula is C18H19F3N2O3. The molecule has 0 saturated heterocycles. The number of methoxy groups -OCH3 is 1. The maximum Gasteiger partial charge on any atom is 0.416 e. The van der Waals surface area contributed by atoms with Gasteiger partial charge < -0.3 is 15.3 Å². The Morgan fingerprint density at radius 3 is 2.19 bits per heavy atom. The Morgan fingerprint density at radius 2 is 1.65 bits per heavy atom. The van der Waals surface area contributed by atoms with Crippen LogP contribution in [0.25, 0.3) is 0 Å². The minimum Gasteiger partial charge on any atom is -0.497 e. The summed E-state index contributed by atoms with van der Waals surface area (Å²) < 4.78 is 42.5. The van der Waals surface area contributed by atoms with Gasteiger partial charge in [0.05, 0.1) is 12.7 Å². The van der Waals surface area contributed by atoms with Crippen LogP contribution in [0, 0.1) is 0 Å². The summed E-state index contributed by atoms with van der Waals surface area (Å²) in [5, 5.41) is 13.2. The van der Waals surface area contributed by atoms with E-state index in [4.69, 9.17) is 4.74 Å². The van der Waals surface area contributed by atoms with Crippen molar-refractivity contribution in [3.05, 3.63) is 65.2 Å². The largest absolute Gasteiger partial charge is 0.497 e. The SMILES string of the molecule is COc1ccc(CN(O)CC(=O)NCc2ccc(C(F)(F)F)cc2)cc1. The van der Waals surface area contributed by atoms with Crippen molar-refractivity contribution >= 4 is 5.91 Å². The predicted molar refractivity (Wildman–Crippen MR) is 88.5 cm³/mol. The highest BCUT2D eigenvalue weighted by atomic mass is 19.4. The van der Waals surface area contributed by atoms with Crippen LogP contribution in [-0.2, 0) is 24.1 Å². The normalized spacial score (nSPS) is 11.5. The van der Waals surface area contributed by atoms with Gasteiger partial charge in [-0.2, -0.15) is 18.2 Å². The summed E-state index contributed by atoms with van der Waals surface area (Å²) in [4.78, 5) is 11.8. The molecule has 8 heteroatoms. The molecule has 0 aliphatic carbocycles. The Balaban J connectivity index is 1.78. The van der Waals surface area contributed by atoms with Crippen LogP contribution in [0.15, 0.2) is 48.5 Å². The fourth-order valence-corrected chi connectivity index (χ4v) is 2.23. The molecule has 0 saturated carbocycles. The number of alkyl halides is 3. The number of halogens is 3. The number of rotatable bonds is 7. The van der Waals surface area contributed by atoms with E-state index in [2.05, 4.69) is 5.32 Å². The second-order valence-corrected chi connectivity index (χ2v) is 5.64. The van der Waals surface area contributed by atoms with E-state index in [1.54, 1.807) is 31.4 Å². The van der Waals surface area contributed by atoms with Crippen LogP contribution in [0.5, 0.6) is 5.75 Å². The quantitative estimate of drug-likeness (QED) is 0.737. The molecule has 26 heavy (non-hydrogen) atoms. The Bertz CT molecular complexity index is 716. The molecule has 2 aromatic carbocycles. The molecule has 0 radical (unpaired) electrons. The lowest BCUT2D eigenvalue weighted by Gasteiger charge is -2.15. The summed E-state index contributed by atoms with van der Waals surface area (Å²) in [6, 6.07) is 11.5. The standard InChI is InChI=1S/C18H19F3N2O3/c1-26-16-8-4-14(5-9-16)11-23(25)12-17(24)22-10-13-2-6-15(7-3-13)18(19,20)21/h2-9,25H,10-12H2,1H3,(H,22,24). The molecular weight excluding hydrogens is 349 g/mol. The number of hydroxylamine groups is 2. The first kappa shape index (κ1) is 19.7. The van der Waals surface area contributed by atoms with Crippen LogP contribution in [0.2, 0.25) is 0 Å². The number of carbonyl (C=O) groups is 1. The third kappa shape index (κ3) is 6.05. The van der Waals surface area contributed by atoms with Crippen molar-refractivity contribution in [3.8, 4) is 5.75 Å². The van der Waals surface area contributed by atoms with Crippen LogP contribution in [0.3, 0.4) is 0 Å². The number of nitrogens with zero attached hydrogens (tertiary/aromatic N) is 1. The van der Waals surface area contributed by atoms with E-state index < -0.39 is 17.6 Å². The van der Waals surface area contributed by atoms with E-state index in [0.717, 1.165) is 22.8 Å². The smallest absolute Gasteiger partial charge is 0.416 e. The van der Waals surface area contributed by atoms with Gasteiger partial charge in [-0.3, -0.25) is 4.79 Å². The van der Waals surface area contributed by atoms with E-state index in [9.17, 15) is 23.2 Å². The van der Waals surface area contributed by atoms with Gasteiger partial charge in [-0.05, 0) is 35.4 Å². The lowest BCUT2D eigenvalue weighted by molar-refractivity contribution is -0.140. The highest BCUT2D eigenvalue weighted by molar-refractivity contribution is 5.77. The predicted octanol–water partition coefficient (Wildman–Crippen LogP) is 3.22. The van der Waals surface area contributed by atoms with Gasteiger partial charge in [-0.1, -0.05) is 24.3 Å². The number of hydrogen-bond acceptors (Lipinski definition) is 4. The molecule has 140 valence electrons. The lowest BCUT2D eigenvalue weighted by atomic mass is 10.1. The summed E-state index contributed by atoms with van der Waals surface area (Å²) in [5.74, 6) is 0.244. The van der Waals surface area contributed by atoms with Gasteiger partial charge in [0.25, 0.3) is 0 Å². The number of hydrogen-bond donors (Lipinski definition) is 2. The first-order valence-electron chi connectivity index (χ1n) is 7.77. The van der Waals surface area contributed by atoms with Crippen LogP contribution in [0.4, 0.5) is 13.2 Å². The number of carbonyl (C=O) groups excluding carboxylic acids is 1. The molecule has 2 N–H and O–H groups in total. The fraction of sp³-hybridized carbons (Fsp3) is 0.278. The molecule has 1 amide bonds. The first-order valence-corrected chi connectivity index (χ1v) is 7.77. The number of ether oxygens (including phenoxy) is 1. The Hall–Kier alpha value is -2.58. The minimum absolute atomic E-state index is 0.0767. The molecule has 0 heterocycles. The lowest BCUT2D eigenvalue weighted by Crippen LogP contribution is -2.34. The molecule has 0 fully saturated rings. The number of nitrogens with one attached hydrogen (secondary N) is 1. The van der Waals surface area contributed by atoms with Crippen LogP contribution >= 0.6 is 0 Å². The Kier molecular flexibility index (Phi) is 6.59. The van der Waals surface area contributed by atoms with Gasteiger partial charge in [0.15, 0.2) is 0 Å². The molecule has 0 aliphatic rings. The Morgan fingerprint density at radius 1 is 1.08 bits per heavy atom. The van der Waals surface area contributed by atoms with Crippen molar-refractivity contribution in [1.82, 2.24) is 10.4 Å². The third-order valence-corrected chi connectivity index (χ3v) is 3.62. The van der Waals surface area contributed by atoms with E-state index in [-0.39, 0.29) is 19.6 Å². The summed E-state index contributed by atoms with van der Waals surface area (Å²) >= 11 is 0. The molecule has 5 nitrogen and oxygen atoms in total. The van der Waals surface area contributed by atoms with Crippen LogP contribution < -0.4 is 10.1 Å².